The van der Waals surface area contributed by atoms with E-state index in [1.54, 1.807) is 7.11 Å². The zero-order chi connectivity index (χ0) is 15.4. The zero-order valence-corrected chi connectivity index (χ0v) is 14.1. The number of methoxy groups -OCH3 is 1. The van der Waals surface area contributed by atoms with E-state index in [0.717, 1.165) is 46.8 Å². The molecule has 0 N–H and O–H groups in total. The van der Waals surface area contributed by atoms with Crippen LogP contribution in [0.3, 0.4) is 0 Å². The van der Waals surface area contributed by atoms with E-state index in [4.69, 9.17) is 4.74 Å². The van der Waals surface area contributed by atoms with Gasteiger partial charge in [0.05, 0.1) is 7.11 Å². The fourth-order valence-electron chi connectivity index (χ4n) is 2.51. The standard InChI is InChI=1S/C18H18O2S2/c1-20-15-8-5-13(6-9-15)3-2-4-14-7-10-16(17(14)19)18-21-11-12-22-18/h2-6,8-9H,7,10-12H2,1H3/b3-2+,14-4+. The van der Waals surface area contributed by atoms with Crippen molar-refractivity contribution in [2.75, 3.05) is 18.6 Å². The van der Waals surface area contributed by atoms with Gasteiger partial charge in [-0.3, -0.25) is 4.79 Å². The van der Waals surface area contributed by atoms with Crippen molar-refractivity contribution in [2.45, 2.75) is 12.8 Å². The maximum Gasteiger partial charge on any atom is 0.186 e. The molecule has 1 saturated carbocycles. The third-order valence-corrected chi connectivity index (χ3v) is 6.51. The Kier molecular flexibility index (Phi) is 5.11. The fourth-order valence-corrected chi connectivity index (χ4v) is 5.12. The van der Waals surface area contributed by atoms with E-state index in [0.29, 0.717) is 0 Å². The second kappa shape index (κ2) is 7.25. The van der Waals surface area contributed by atoms with E-state index in [9.17, 15) is 4.79 Å². The van der Waals surface area contributed by atoms with Crippen LogP contribution in [0.15, 0.2) is 51.8 Å². The lowest BCUT2D eigenvalue weighted by Gasteiger charge is -1.99. The van der Waals surface area contributed by atoms with Gasteiger partial charge in [-0.2, -0.15) is 0 Å². The minimum Gasteiger partial charge on any atom is -0.497 e. The van der Waals surface area contributed by atoms with Crippen LogP contribution in [-0.2, 0) is 4.79 Å². The van der Waals surface area contributed by atoms with Crippen LogP contribution in [0.25, 0.3) is 6.08 Å². The van der Waals surface area contributed by atoms with Gasteiger partial charge in [-0.1, -0.05) is 30.4 Å². The smallest absolute Gasteiger partial charge is 0.186 e. The second-order valence-electron chi connectivity index (χ2n) is 5.12. The van der Waals surface area contributed by atoms with E-state index in [-0.39, 0.29) is 5.78 Å². The summed E-state index contributed by atoms with van der Waals surface area (Å²) >= 11 is 3.67. The molecule has 3 rings (SSSR count). The molecule has 2 fully saturated rings. The molecule has 1 heterocycles. The van der Waals surface area contributed by atoms with E-state index in [1.165, 1.54) is 4.24 Å². The summed E-state index contributed by atoms with van der Waals surface area (Å²) in [5.74, 6) is 3.36. The summed E-state index contributed by atoms with van der Waals surface area (Å²) in [5, 5.41) is 0. The quantitative estimate of drug-likeness (QED) is 0.751. The molecule has 2 nitrogen and oxygen atoms in total. The van der Waals surface area contributed by atoms with Crippen LogP contribution < -0.4 is 4.74 Å². The average molecular weight is 330 g/mol. The summed E-state index contributed by atoms with van der Waals surface area (Å²) < 4.78 is 6.40. The predicted molar refractivity (Wildman–Crippen MR) is 96.3 cm³/mol. The number of Topliss-reactive ketones (excluding diaryl/α,β-unsaturated/α-hetero) is 1. The molecule has 0 bridgehead atoms. The van der Waals surface area contributed by atoms with Crippen LogP contribution in [0.5, 0.6) is 5.75 Å². The van der Waals surface area contributed by atoms with Crippen molar-refractivity contribution in [1.29, 1.82) is 0 Å². The Bertz CT molecular complexity index is 646. The Labute approximate surface area is 139 Å². The number of hydrogen-bond donors (Lipinski definition) is 0. The Balaban J connectivity index is 1.69. The number of thioether (sulfide) groups is 2. The lowest BCUT2D eigenvalue weighted by atomic mass is 10.1. The molecule has 1 aliphatic carbocycles. The first kappa shape index (κ1) is 15.5. The topological polar surface area (TPSA) is 26.3 Å². The van der Waals surface area contributed by atoms with Gasteiger partial charge in [0, 0.05) is 26.9 Å². The molecule has 1 aliphatic heterocycles. The Hall–Kier alpha value is -1.39. The molecular weight excluding hydrogens is 312 g/mol. The van der Waals surface area contributed by atoms with Crippen molar-refractivity contribution in [3.63, 3.8) is 0 Å². The number of allylic oxidation sites excluding steroid dienone is 4. The van der Waals surface area contributed by atoms with Crippen molar-refractivity contribution in [2.24, 2.45) is 0 Å². The zero-order valence-electron chi connectivity index (χ0n) is 12.5. The van der Waals surface area contributed by atoms with Gasteiger partial charge in [-0.15, -0.1) is 23.5 Å². The van der Waals surface area contributed by atoms with E-state index in [2.05, 4.69) is 0 Å². The lowest BCUT2D eigenvalue weighted by molar-refractivity contribution is -0.111. The van der Waals surface area contributed by atoms with Crippen LogP contribution >= 0.6 is 23.5 Å². The van der Waals surface area contributed by atoms with Gasteiger partial charge in [0.25, 0.3) is 0 Å². The maximum atomic E-state index is 12.4. The molecule has 4 heteroatoms. The van der Waals surface area contributed by atoms with Crippen molar-refractivity contribution in [3.8, 4) is 5.75 Å². The fraction of sp³-hybridized carbons (Fsp3) is 0.278. The first-order chi connectivity index (χ1) is 10.8. The third kappa shape index (κ3) is 3.50. The van der Waals surface area contributed by atoms with Crippen LogP contribution in [0.1, 0.15) is 18.4 Å². The summed E-state index contributed by atoms with van der Waals surface area (Å²) in [4.78, 5) is 12.4. The molecule has 0 aromatic heterocycles. The summed E-state index contributed by atoms with van der Waals surface area (Å²) in [6, 6.07) is 7.88. The molecule has 1 saturated heterocycles. The Morgan fingerprint density at radius 2 is 1.82 bits per heavy atom. The number of hydrogen-bond acceptors (Lipinski definition) is 4. The maximum absolute atomic E-state index is 12.4. The Morgan fingerprint density at radius 3 is 2.50 bits per heavy atom. The average Bonchev–Trinajstić information content (AvgIpc) is 3.18. The van der Waals surface area contributed by atoms with Gasteiger partial charge in [0.15, 0.2) is 5.78 Å². The largest absolute Gasteiger partial charge is 0.497 e. The molecule has 2 aliphatic rings. The van der Waals surface area contributed by atoms with Crippen molar-refractivity contribution in [3.05, 3.63) is 57.4 Å². The number of ketones is 1. The number of ether oxygens (including phenoxy) is 1. The van der Waals surface area contributed by atoms with Crippen molar-refractivity contribution >= 4 is 35.4 Å². The molecule has 0 atom stereocenters. The molecule has 1 aromatic carbocycles. The number of carbonyl (C=O) groups is 1. The summed E-state index contributed by atoms with van der Waals surface area (Å²) in [7, 11) is 1.66. The highest BCUT2D eigenvalue weighted by molar-refractivity contribution is 8.25. The third-order valence-electron chi connectivity index (χ3n) is 3.71. The summed E-state index contributed by atoms with van der Waals surface area (Å²) in [6.45, 7) is 0. The number of carbonyl (C=O) groups excluding carboxylic acids is 1. The van der Waals surface area contributed by atoms with Gasteiger partial charge in [0.1, 0.15) is 5.75 Å². The number of rotatable bonds is 3. The minimum atomic E-state index is 0.247. The molecule has 114 valence electrons. The number of benzene rings is 1. The summed E-state index contributed by atoms with van der Waals surface area (Å²) in [6.07, 6.45) is 7.72. The lowest BCUT2D eigenvalue weighted by Crippen LogP contribution is -1.96. The van der Waals surface area contributed by atoms with Gasteiger partial charge in [0.2, 0.25) is 0 Å². The highest BCUT2D eigenvalue weighted by Gasteiger charge is 2.27. The van der Waals surface area contributed by atoms with Crippen LogP contribution in [0.2, 0.25) is 0 Å². The highest BCUT2D eigenvalue weighted by Crippen LogP contribution is 2.43. The van der Waals surface area contributed by atoms with E-state index >= 15 is 0 Å². The second-order valence-corrected chi connectivity index (χ2v) is 7.59. The van der Waals surface area contributed by atoms with Gasteiger partial charge < -0.3 is 4.74 Å². The van der Waals surface area contributed by atoms with Crippen LogP contribution in [0.4, 0.5) is 0 Å². The van der Waals surface area contributed by atoms with Gasteiger partial charge in [-0.05, 0) is 30.5 Å². The van der Waals surface area contributed by atoms with E-state index in [1.807, 2.05) is 66.0 Å². The highest BCUT2D eigenvalue weighted by atomic mass is 32.2. The first-order valence-corrected chi connectivity index (χ1v) is 9.30. The van der Waals surface area contributed by atoms with Gasteiger partial charge in [-0.25, -0.2) is 0 Å². The molecule has 0 radical (unpaired) electrons. The molecule has 0 spiro atoms. The molecular formula is C18H18O2S2. The predicted octanol–water partition coefficient (Wildman–Crippen LogP) is 4.69. The van der Waals surface area contributed by atoms with Crippen molar-refractivity contribution < 1.29 is 9.53 Å². The minimum absolute atomic E-state index is 0.247. The molecule has 0 unspecified atom stereocenters. The summed E-state index contributed by atoms with van der Waals surface area (Å²) in [5.41, 5.74) is 3.07. The van der Waals surface area contributed by atoms with Crippen LogP contribution in [0, 0.1) is 0 Å². The van der Waals surface area contributed by atoms with E-state index < -0.39 is 0 Å². The monoisotopic (exact) mass is 330 g/mol. The molecule has 1 aromatic rings. The van der Waals surface area contributed by atoms with Crippen LogP contribution in [-0.4, -0.2) is 24.4 Å². The molecule has 0 amide bonds. The van der Waals surface area contributed by atoms with Gasteiger partial charge >= 0.3 is 0 Å². The SMILES string of the molecule is COc1ccc(/C=C/C=C2\CCC(=C3SCCS3)C2=O)cc1. The first-order valence-electron chi connectivity index (χ1n) is 7.32. The normalized spacial score (nSPS) is 20.6. The Morgan fingerprint density at radius 1 is 1.09 bits per heavy atom. The molecule has 22 heavy (non-hydrogen) atoms. The van der Waals surface area contributed by atoms with Crippen molar-refractivity contribution in [1.82, 2.24) is 0 Å².